The quantitative estimate of drug-likeness (QED) is 0.133. The molecule has 0 atom stereocenters. The number of rotatable bonds is 9. The fourth-order valence-corrected chi connectivity index (χ4v) is 5.80. The zero-order chi connectivity index (χ0) is 31.6. The Kier molecular flexibility index (Phi) is 7.68. The molecule has 4 aromatic carbocycles. The van der Waals surface area contributed by atoms with Crippen molar-refractivity contribution in [2.75, 3.05) is 11.6 Å². The number of unbranched alkanes of at least 4 members (excludes halogenated alkanes) is 1. The lowest BCUT2D eigenvalue weighted by Crippen LogP contribution is -2.21. The van der Waals surface area contributed by atoms with E-state index in [4.69, 9.17) is 9.15 Å². The number of hydrogen-bond donors (Lipinski definition) is 1. The minimum atomic E-state index is -0.314. The van der Waals surface area contributed by atoms with Gasteiger partial charge in [-0.2, -0.15) is 10.1 Å². The lowest BCUT2D eigenvalue weighted by atomic mass is 10.1. The number of hydrazone groups is 1. The number of anilines is 1. The molecule has 0 unspecified atom stereocenters. The highest BCUT2D eigenvalue weighted by atomic mass is 16.5. The van der Waals surface area contributed by atoms with Crippen LogP contribution in [0.5, 0.6) is 11.5 Å². The van der Waals surface area contributed by atoms with E-state index in [1.165, 1.54) is 17.1 Å². The summed E-state index contributed by atoms with van der Waals surface area (Å²) in [7, 11) is 0. The molecule has 0 saturated heterocycles. The number of amides is 1. The Morgan fingerprint density at radius 3 is 2.43 bits per heavy atom. The van der Waals surface area contributed by atoms with E-state index in [0.717, 1.165) is 47.1 Å². The number of aryl methyl sites for hydroxylation is 1. The first kappa shape index (κ1) is 28.9. The maximum atomic E-state index is 13.3. The second kappa shape index (κ2) is 12.2. The van der Waals surface area contributed by atoms with E-state index in [-0.39, 0.29) is 28.1 Å². The molecular formula is C38H31N3O5. The number of carbonyl (C=O) groups is 1. The van der Waals surface area contributed by atoms with Gasteiger partial charge >= 0.3 is 0 Å². The standard InChI is InChI=1S/C38H31N3O5/c1-25-31(38(44)41(39-25)28-14-6-3-7-15-28)20-27-24-40(32-17-9-8-16-30(27)32)18-10-11-19-45-29-21-33(42)37-34(43)23-35(46-36(37)22-29)26-12-4-2-5-13-26/h2-9,12-17,20-24,42H,10-11,18-19H2,1H3/b31-20+. The summed E-state index contributed by atoms with van der Waals surface area (Å²) in [5, 5.41) is 17.7. The van der Waals surface area contributed by atoms with Crippen LogP contribution in [0.1, 0.15) is 25.3 Å². The molecule has 2 aromatic heterocycles. The minimum absolute atomic E-state index is 0.130. The van der Waals surface area contributed by atoms with Gasteiger partial charge in [0.15, 0.2) is 5.43 Å². The number of benzene rings is 4. The van der Waals surface area contributed by atoms with E-state index in [1.807, 2.05) is 85.8 Å². The summed E-state index contributed by atoms with van der Waals surface area (Å²) in [6, 6.07) is 31.4. The number of nitrogens with zero attached hydrogens (tertiary/aromatic N) is 3. The van der Waals surface area contributed by atoms with Crippen LogP contribution in [0.3, 0.4) is 0 Å². The molecule has 46 heavy (non-hydrogen) atoms. The molecule has 1 aliphatic rings. The van der Waals surface area contributed by atoms with Crippen molar-refractivity contribution < 1.29 is 19.1 Å². The Hall–Kier alpha value is -5.89. The molecule has 8 nitrogen and oxygen atoms in total. The van der Waals surface area contributed by atoms with Gasteiger partial charge in [-0.25, -0.2) is 0 Å². The number of phenolic OH excluding ortho intramolecular Hbond substituents is 1. The van der Waals surface area contributed by atoms with Crippen molar-refractivity contribution in [3.05, 3.63) is 131 Å². The second-order valence-corrected chi connectivity index (χ2v) is 11.2. The average Bonchev–Trinajstić information content (AvgIpc) is 3.57. The summed E-state index contributed by atoms with van der Waals surface area (Å²) in [5.41, 5.74) is 4.77. The molecule has 8 heteroatoms. The predicted octanol–water partition coefficient (Wildman–Crippen LogP) is 7.79. The van der Waals surface area contributed by atoms with Crippen LogP contribution in [0, 0.1) is 0 Å². The van der Waals surface area contributed by atoms with Gasteiger partial charge in [-0.3, -0.25) is 9.59 Å². The minimum Gasteiger partial charge on any atom is -0.507 e. The lowest BCUT2D eigenvalue weighted by Gasteiger charge is -2.10. The van der Waals surface area contributed by atoms with Gasteiger partial charge in [-0.05, 0) is 44.0 Å². The summed E-state index contributed by atoms with van der Waals surface area (Å²) in [6.45, 7) is 3.03. The smallest absolute Gasteiger partial charge is 0.280 e. The fourth-order valence-electron chi connectivity index (χ4n) is 5.80. The van der Waals surface area contributed by atoms with E-state index < -0.39 is 0 Å². The molecule has 1 aliphatic heterocycles. The highest BCUT2D eigenvalue weighted by Gasteiger charge is 2.29. The van der Waals surface area contributed by atoms with Gasteiger partial charge in [0, 0.05) is 53.0 Å². The first-order valence-corrected chi connectivity index (χ1v) is 15.2. The molecule has 0 fully saturated rings. The van der Waals surface area contributed by atoms with Crippen LogP contribution in [0.15, 0.2) is 129 Å². The Morgan fingerprint density at radius 1 is 0.891 bits per heavy atom. The van der Waals surface area contributed by atoms with Crippen LogP contribution in [-0.2, 0) is 11.3 Å². The maximum Gasteiger partial charge on any atom is 0.280 e. The highest BCUT2D eigenvalue weighted by molar-refractivity contribution is 6.32. The third-order valence-electron chi connectivity index (χ3n) is 8.09. The summed E-state index contributed by atoms with van der Waals surface area (Å²) < 4.78 is 14.2. The van der Waals surface area contributed by atoms with Crippen LogP contribution in [0.25, 0.3) is 39.3 Å². The van der Waals surface area contributed by atoms with E-state index >= 15 is 0 Å². The normalized spacial score (nSPS) is 14.0. The van der Waals surface area contributed by atoms with E-state index in [2.05, 4.69) is 28.0 Å². The Morgan fingerprint density at radius 2 is 1.63 bits per heavy atom. The number of fused-ring (bicyclic) bond motifs is 2. The largest absolute Gasteiger partial charge is 0.507 e. The van der Waals surface area contributed by atoms with Gasteiger partial charge in [0.2, 0.25) is 0 Å². The van der Waals surface area contributed by atoms with Gasteiger partial charge in [0.05, 0.1) is 23.6 Å². The summed E-state index contributed by atoms with van der Waals surface area (Å²) in [4.78, 5) is 26.0. The fraction of sp³-hybridized carbons (Fsp3) is 0.132. The second-order valence-electron chi connectivity index (χ2n) is 11.2. The molecule has 1 amide bonds. The summed E-state index contributed by atoms with van der Waals surface area (Å²) in [6.07, 6.45) is 5.60. The SMILES string of the molecule is CC1=NN(c2ccccc2)C(=O)/C1=C/c1cn(CCCCOc2cc(O)c3c(=O)cc(-c4ccccc4)oc3c2)c2ccccc12. The number of hydrogen-bond acceptors (Lipinski definition) is 6. The third kappa shape index (κ3) is 5.57. The van der Waals surface area contributed by atoms with Crippen molar-refractivity contribution in [2.24, 2.45) is 5.10 Å². The molecule has 3 heterocycles. The van der Waals surface area contributed by atoms with Crippen LogP contribution >= 0.6 is 0 Å². The number of phenols is 1. The van der Waals surface area contributed by atoms with Gasteiger partial charge in [-0.15, -0.1) is 0 Å². The number of para-hydroxylation sites is 2. The van der Waals surface area contributed by atoms with Crippen molar-refractivity contribution in [1.29, 1.82) is 0 Å². The van der Waals surface area contributed by atoms with Crippen LogP contribution in [0.4, 0.5) is 5.69 Å². The van der Waals surface area contributed by atoms with E-state index in [9.17, 15) is 14.7 Å². The predicted molar refractivity (Wildman–Crippen MR) is 181 cm³/mol. The van der Waals surface area contributed by atoms with Crippen molar-refractivity contribution in [2.45, 2.75) is 26.3 Å². The average molecular weight is 610 g/mol. The van der Waals surface area contributed by atoms with Crippen molar-refractivity contribution in [3.63, 3.8) is 0 Å². The molecule has 1 N–H and O–H groups in total. The zero-order valence-electron chi connectivity index (χ0n) is 25.2. The molecule has 6 aromatic rings. The van der Waals surface area contributed by atoms with Crippen LogP contribution in [-0.4, -0.2) is 27.9 Å². The Balaban J connectivity index is 1.04. The number of aromatic hydroxyl groups is 1. The van der Waals surface area contributed by atoms with Gasteiger partial charge in [-0.1, -0.05) is 66.7 Å². The first-order valence-electron chi connectivity index (χ1n) is 15.2. The molecule has 0 saturated carbocycles. The summed E-state index contributed by atoms with van der Waals surface area (Å²) >= 11 is 0. The lowest BCUT2D eigenvalue weighted by molar-refractivity contribution is -0.114. The van der Waals surface area contributed by atoms with Crippen LogP contribution in [0.2, 0.25) is 0 Å². The highest BCUT2D eigenvalue weighted by Crippen LogP contribution is 2.32. The van der Waals surface area contributed by atoms with Crippen molar-refractivity contribution >= 4 is 45.3 Å². The van der Waals surface area contributed by atoms with Gasteiger partial charge in [0.1, 0.15) is 28.2 Å². The molecule has 7 rings (SSSR count). The first-order chi connectivity index (χ1) is 22.5. The van der Waals surface area contributed by atoms with E-state index in [1.54, 1.807) is 6.07 Å². The number of carbonyl (C=O) groups excluding carboxylic acids is 1. The maximum absolute atomic E-state index is 13.3. The molecule has 228 valence electrons. The molecule has 0 aliphatic carbocycles. The molecule has 0 spiro atoms. The Bertz CT molecular complexity index is 2200. The monoisotopic (exact) mass is 609 g/mol. The number of aromatic nitrogens is 1. The number of ether oxygens (including phenoxy) is 1. The third-order valence-corrected chi connectivity index (χ3v) is 8.09. The molecule has 0 bridgehead atoms. The van der Waals surface area contributed by atoms with Crippen molar-refractivity contribution in [3.8, 4) is 22.8 Å². The topological polar surface area (TPSA) is 97.3 Å². The van der Waals surface area contributed by atoms with Gasteiger partial charge in [0.25, 0.3) is 5.91 Å². The van der Waals surface area contributed by atoms with E-state index in [0.29, 0.717) is 29.4 Å². The van der Waals surface area contributed by atoms with Crippen molar-refractivity contribution in [1.82, 2.24) is 4.57 Å². The Labute approximate surface area is 265 Å². The van der Waals surface area contributed by atoms with Crippen LogP contribution < -0.4 is 15.2 Å². The summed E-state index contributed by atoms with van der Waals surface area (Å²) in [5.74, 6) is 0.542. The van der Waals surface area contributed by atoms with Gasteiger partial charge < -0.3 is 18.8 Å². The zero-order valence-corrected chi connectivity index (χ0v) is 25.2. The molecular weight excluding hydrogens is 578 g/mol. The molecule has 0 radical (unpaired) electrons.